The molecular weight excluding hydrogens is 393 g/mol. The van der Waals surface area contributed by atoms with Gasteiger partial charge < -0.3 is 0 Å². The Morgan fingerprint density at radius 1 is 1.25 bits per heavy atom. The van der Waals surface area contributed by atoms with Crippen molar-refractivity contribution in [1.82, 2.24) is 4.98 Å². The van der Waals surface area contributed by atoms with E-state index in [0.717, 1.165) is 21.8 Å². The second-order valence-electron chi connectivity index (χ2n) is 4.81. The van der Waals surface area contributed by atoms with Gasteiger partial charge in [-0.05, 0) is 30.3 Å². The maximum atomic E-state index is 13.9. The zero-order valence-corrected chi connectivity index (χ0v) is 14.5. The minimum atomic E-state index is -0.740. The first-order valence-corrected chi connectivity index (χ1v) is 8.46. The number of aromatic nitrogens is 1. The molecule has 0 fully saturated rings. The third kappa shape index (κ3) is 3.50. The minimum absolute atomic E-state index is 0.130. The van der Waals surface area contributed by atoms with Crippen LogP contribution in [0.4, 0.5) is 9.52 Å². The highest BCUT2D eigenvalue weighted by atomic mass is 79.9. The fraction of sp³-hybridized carbons (Fsp3) is 0. The number of hydrogen-bond acceptors (Lipinski definition) is 4. The highest BCUT2D eigenvalue weighted by Crippen LogP contribution is 2.26. The molecule has 118 valence electrons. The van der Waals surface area contributed by atoms with Crippen LogP contribution in [-0.2, 0) is 0 Å². The lowest BCUT2D eigenvalue weighted by atomic mass is 10.1. The number of nitrogens with one attached hydrogen (secondary N) is 1. The largest absolute Gasteiger partial charge is 0.298 e. The first kappa shape index (κ1) is 16.3. The van der Waals surface area contributed by atoms with Crippen LogP contribution in [0.5, 0.6) is 0 Å². The summed E-state index contributed by atoms with van der Waals surface area (Å²) >= 11 is 4.62. The Hall–Kier alpha value is -2.56. The Bertz CT molecular complexity index is 947. The normalized spacial score (nSPS) is 10.2. The van der Waals surface area contributed by atoms with Gasteiger partial charge in [-0.15, -0.1) is 11.3 Å². The molecule has 1 heterocycles. The summed E-state index contributed by atoms with van der Waals surface area (Å²) in [5.41, 5.74) is 1.67. The molecule has 3 rings (SSSR count). The Labute approximate surface area is 149 Å². The monoisotopic (exact) mass is 401 g/mol. The van der Waals surface area contributed by atoms with Crippen molar-refractivity contribution in [1.29, 1.82) is 5.26 Å². The third-order valence-corrected chi connectivity index (χ3v) is 4.49. The first-order valence-electron chi connectivity index (χ1n) is 6.79. The average molecular weight is 402 g/mol. The molecule has 0 unspecified atom stereocenters. The van der Waals surface area contributed by atoms with E-state index in [9.17, 15) is 9.18 Å². The van der Waals surface area contributed by atoms with E-state index >= 15 is 0 Å². The predicted molar refractivity (Wildman–Crippen MR) is 94.3 cm³/mol. The SMILES string of the molecule is N#Cc1ccc(C(=O)Nc2nc(-c3ccc(Br)cc3)cs2)c(F)c1. The van der Waals surface area contributed by atoms with Gasteiger partial charge in [0.1, 0.15) is 5.82 Å². The van der Waals surface area contributed by atoms with Crippen LogP contribution in [0, 0.1) is 17.1 Å². The van der Waals surface area contributed by atoms with Crippen molar-refractivity contribution in [3.63, 3.8) is 0 Å². The van der Waals surface area contributed by atoms with E-state index in [1.54, 1.807) is 0 Å². The van der Waals surface area contributed by atoms with Crippen molar-refractivity contribution in [2.45, 2.75) is 0 Å². The molecule has 2 aromatic carbocycles. The molecule has 1 N–H and O–H groups in total. The molecule has 0 saturated carbocycles. The van der Waals surface area contributed by atoms with Gasteiger partial charge >= 0.3 is 0 Å². The summed E-state index contributed by atoms with van der Waals surface area (Å²) in [7, 11) is 0. The minimum Gasteiger partial charge on any atom is -0.298 e. The van der Waals surface area contributed by atoms with Crippen molar-refractivity contribution in [2.75, 3.05) is 5.32 Å². The van der Waals surface area contributed by atoms with E-state index in [2.05, 4.69) is 26.2 Å². The van der Waals surface area contributed by atoms with Gasteiger partial charge in [0.25, 0.3) is 5.91 Å². The number of thiazole rings is 1. The Kier molecular flexibility index (Phi) is 4.69. The van der Waals surface area contributed by atoms with Crippen LogP contribution in [0.3, 0.4) is 0 Å². The summed E-state index contributed by atoms with van der Waals surface area (Å²) < 4.78 is 14.8. The number of nitrogens with zero attached hydrogens (tertiary/aromatic N) is 2. The van der Waals surface area contributed by atoms with Crippen LogP contribution in [-0.4, -0.2) is 10.9 Å². The van der Waals surface area contributed by atoms with Crippen LogP contribution >= 0.6 is 27.3 Å². The van der Waals surface area contributed by atoms with Gasteiger partial charge in [0.05, 0.1) is 22.9 Å². The van der Waals surface area contributed by atoms with E-state index in [1.165, 1.54) is 23.5 Å². The van der Waals surface area contributed by atoms with Crippen LogP contribution in [0.15, 0.2) is 52.3 Å². The number of hydrogen-bond donors (Lipinski definition) is 1. The lowest BCUT2D eigenvalue weighted by Gasteiger charge is -2.03. The van der Waals surface area contributed by atoms with E-state index < -0.39 is 11.7 Å². The first-order chi connectivity index (χ1) is 11.6. The van der Waals surface area contributed by atoms with Crippen LogP contribution in [0.25, 0.3) is 11.3 Å². The van der Waals surface area contributed by atoms with Crippen molar-refractivity contribution in [3.05, 3.63) is 69.3 Å². The predicted octanol–water partition coefficient (Wildman–Crippen LogP) is 4.84. The fourth-order valence-corrected chi connectivity index (χ4v) is 3.00. The van der Waals surface area contributed by atoms with Crippen LogP contribution < -0.4 is 5.32 Å². The molecule has 0 aliphatic heterocycles. The number of carbonyl (C=O) groups is 1. The molecule has 0 bridgehead atoms. The molecule has 0 saturated heterocycles. The van der Waals surface area contributed by atoms with Crippen molar-refractivity contribution >= 4 is 38.3 Å². The molecule has 1 aromatic heterocycles. The second kappa shape index (κ2) is 6.91. The summed E-state index contributed by atoms with van der Waals surface area (Å²) in [6.07, 6.45) is 0. The van der Waals surface area contributed by atoms with Crippen LogP contribution in [0.2, 0.25) is 0 Å². The molecule has 0 radical (unpaired) electrons. The van der Waals surface area contributed by atoms with Gasteiger partial charge in [0, 0.05) is 15.4 Å². The molecule has 0 aliphatic carbocycles. The summed E-state index contributed by atoms with van der Waals surface area (Å²) in [5, 5.41) is 13.5. The zero-order valence-electron chi connectivity index (χ0n) is 12.1. The molecule has 3 aromatic rings. The zero-order chi connectivity index (χ0) is 17.1. The van der Waals surface area contributed by atoms with Gasteiger partial charge in [-0.1, -0.05) is 28.1 Å². The average Bonchev–Trinajstić information content (AvgIpc) is 3.03. The highest BCUT2D eigenvalue weighted by Gasteiger charge is 2.14. The van der Waals surface area contributed by atoms with Crippen molar-refractivity contribution in [3.8, 4) is 17.3 Å². The number of amides is 1. The Morgan fingerprint density at radius 3 is 2.67 bits per heavy atom. The van der Waals surface area contributed by atoms with Crippen molar-refractivity contribution in [2.24, 2.45) is 0 Å². The summed E-state index contributed by atoms with van der Waals surface area (Å²) in [4.78, 5) is 16.5. The molecule has 7 heteroatoms. The maximum absolute atomic E-state index is 13.9. The molecule has 0 aliphatic rings. The molecule has 0 atom stereocenters. The quantitative estimate of drug-likeness (QED) is 0.682. The third-order valence-electron chi connectivity index (χ3n) is 3.21. The number of halogens is 2. The smallest absolute Gasteiger partial charge is 0.260 e. The number of benzene rings is 2. The van der Waals surface area contributed by atoms with E-state index in [0.29, 0.717) is 5.13 Å². The summed E-state index contributed by atoms with van der Waals surface area (Å²) in [6.45, 7) is 0. The second-order valence-corrected chi connectivity index (χ2v) is 6.58. The van der Waals surface area contributed by atoms with E-state index in [4.69, 9.17) is 5.26 Å². The number of anilines is 1. The summed E-state index contributed by atoms with van der Waals surface area (Å²) in [5.74, 6) is -1.34. The van der Waals surface area contributed by atoms with Gasteiger partial charge in [-0.25, -0.2) is 9.37 Å². The number of rotatable bonds is 3. The van der Waals surface area contributed by atoms with Crippen molar-refractivity contribution < 1.29 is 9.18 Å². The number of carbonyl (C=O) groups excluding carboxylic acids is 1. The molecule has 0 spiro atoms. The topological polar surface area (TPSA) is 65.8 Å². The van der Waals surface area contributed by atoms with Gasteiger partial charge in [-0.2, -0.15) is 5.26 Å². The highest BCUT2D eigenvalue weighted by molar-refractivity contribution is 9.10. The maximum Gasteiger partial charge on any atom is 0.260 e. The van der Waals surface area contributed by atoms with Gasteiger partial charge in [-0.3, -0.25) is 10.1 Å². The van der Waals surface area contributed by atoms with Gasteiger partial charge in [0.15, 0.2) is 5.13 Å². The summed E-state index contributed by atoms with van der Waals surface area (Å²) in [6, 6.07) is 13.2. The van der Waals surface area contributed by atoms with E-state index in [-0.39, 0.29) is 11.1 Å². The lowest BCUT2D eigenvalue weighted by molar-refractivity contribution is 0.102. The molecule has 24 heavy (non-hydrogen) atoms. The van der Waals surface area contributed by atoms with Gasteiger partial charge in [0.2, 0.25) is 0 Å². The Morgan fingerprint density at radius 2 is 2.00 bits per heavy atom. The fourth-order valence-electron chi connectivity index (χ4n) is 2.02. The molecule has 1 amide bonds. The van der Waals surface area contributed by atoms with E-state index in [1.807, 2.05) is 35.7 Å². The number of nitriles is 1. The van der Waals surface area contributed by atoms with Crippen LogP contribution in [0.1, 0.15) is 15.9 Å². The standard InChI is InChI=1S/C17H9BrFN3OS/c18-12-4-2-11(3-5-12)15-9-24-17(21-15)22-16(23)13-6-1-10(8-20)7-14(13)19/h1-7,9H,(H,21,22,23). The molecular formula is C17H9BrFN3OS. The Balaban J connectivity index is 1.78. The lowest BCUT2D eigenvalue weighted by Crippen LogP contribution is -2.13. The molecule has 4 nitrogen and oxygen atoms in total.